The van der Waals surface area contributed by atoms with Gasteiger partial charge >= 0.3 is 5.97 Å². The zero-order valence-electron chi connectivity index (χ0n) is 20.2. The molecule has 4 heteroatoms. The summed E-state index contributed by atoms with van der Waals surface area (Å²) < 4.78 is 4.90. The summed E-state index contributed by atoms with van der Waals surface area (Å²) in [4.78, 5) is 12.0. The molecule has 0 spiro atoms. The molecule has 0 amide bonds. The van der Waals surface area contributed by atoms with Crippen LogP contribution in [0.1, 0.15) is 50.3 Å². The van der Waals surface area contributed by atoms with E-state index in [-0.39, 0.29) is 11.2 Å². The third-order valence-electron chi connectivity index (χ3n) is 5.35. The number of carbonyl (C=O) groups is 1. The van der Waals surface area contributed by atoms with Gasteiger partial charge in [-0.1, -0.05) is 103 Å². The highest BCUT2D eigenvalue weighted by Crippen LogP contribution is 2.48. The predicted octanol–water partition coefficient (Wildman–Crippen LogP) is 6.75. The third-order valence-corrected chi connectivity index (χ3v) is 6.93. The number of esters is 1. The van der Waals surface area contributed by atoms with Crippen LogP contribution in [0.2, 0.25) is 0 Å². The Morgan fingerprint density at radius 3 is 1.68 bits per heavy atom. The number of allylic oxidation sites excluding steroid dienone is 1. The van der Waals surface area contributed by atoms with E-state index in [1.54, 1.807) is 20.8 Å². The molecular formula is C30H34O3S. The summed E-state index contributed by atoms with van der Waals surface area (Å²) in [6.45, 7) is 5.38. The smallest absolute Gasteiger partial charge is 0.335 e. The average molecular weight is 475 g/mol. The number of hydrogen-bond acceptors (Lipinski definition) is 4. The van der Waals surface area contributed by atoms with Crippen molar-refractivity contribution in [2.75, 3.05) is 5.75 Å². The first-order chi connectivity index (χ1) is 16.3. The van der Waals surface area contributed by atoms with Gasteiger partial charge in [0, 0.05) is 6.42 Å². The number of rotatable bonds is 10. The second-order valence-corrected chi connectivity index (χ2v) is 10.5. The molecule has 0 aromatic heterocycles. The topological polar surface area (TPSA) is 46.5 Å². The molecule has 0 aliphatic rings. The summed E-state index contributed by atoms with van der Waals surface area (Å²) in [5.74, 6) is 0.292. The fourth-order valence-corrected chi connectivity index (χ4v) is 5.33. The van der Waals surface area contributed by atoms with Crippen molar-refractivity contribution < 1.29 is 14.6 Å². The Kier molecular flexibility index (Phi) is 9.14. The molecule has 178 valence electrons. The van der Waals surface area contributed by atoms with Crippen molar-refractivity contribution in [2.24, 2.45) is 0 Å². The number of ether oxygens (including phenoxy) is 1. The lowest BCUT2D eigenvalue weighted by Crippen LogP contribution is -2.31. The van der Waals surface area contributed by atoms with E-state index >= 15 is 0 Å². The van der Waals surface area contributed by atoms with Gasteiger partial charge in [0.2, 0.25) is 0 Å². The van der Waals surface area contributed by atoms with Crippen molar-refractivity contribution in [1.82, 2.24) is 0 Å². The van der Waals surface area contributed by atoms with Crippen LogP contribution in [0.4, 0.5) is 0 Å². The first-order valence-electron chi connectivity index (χ1n) is 11.7. The molecule has 3 aromatic rings. The van der Waals surface area contributed by atoms with Gasteiger partial charge in [0.05, 0.1) is 4.75 Å². The lowest BCUT2D eigenvalue weighted by Gasteiger charge is -2.35. The molecule has 0 aliphatic heterocycles. The Morgan fingerprint density at radius 1 is 0.824 bits per heavy atom. The lowest BCUT2D eigenvalue weighted by molar-refractivity contribution is -0.164. The molecule has 0 aliphatic carbocycles. The monoisotopic (exact) mass is 474 g/mol. The Bertz CT molecular complexity index is 944. The first kappa shape index (κ1) is 25.8. The molecule has 3 aromatic carbocycles. The molecule has 0 bridgehead atoms. The van der Waals surface area contributed by atoms with Crippen molar-refractivity contribution in [2.45, 2.75) is 50.1 Å². The maximum absolute atomic E-state index is 12.0. The largest absolute Gasteiger partial charge is 0.458 e. The summed E-state index contributed by atoms with van der Waals surface area (Å²) in [5.41, 5.74) is 3.11. The Balaban J connectivity index is 1.76. The number of aliphatic hydroxyl groups is 1. The van der Waals surface area contributed by atoms with Gasteiger partial charge in [0.15, 0.2) is 6.10 Å². The van der Waals surface area contributed by atoms with Gasteiger partial charge in [-0.25, -0.2) is 4.79 Å². The molecular weight excluding hydrogens is 440 g/mol. The SMILES string of the molecule is CC(C)(C)OC(=O)C(O)CC=CCCSC(c1ccccc1)(c1ccccc1)c1ccccc1. The molecule has 0 radical (unpaired) electrons. The highest BCUT2D eigenvalue weighted by Gasteiger charge is 2.36. The Morgan fingerprint density at radius 2 is 1.26 bits per heavy atom. The van der Waals surface area contributed by atoms with E-state index in [2.05, 4.69) is 72.8 Å². The standard InChI is InChI=1S/C30H34O3S/c1-29(2,3)33-28(32)27(31)22-14-7-15-23-34-30(24-16-8-4-9-17-24,25-18-10-5-11-19-25)26-20-12-6-13-21-26/h4-14,16-21,27,31H,15,22-23H2,1-3H3. The zero-order valence-corrected chi connectivity index (χ0v) is 21.0. The summed E-state index contributed by atoms with van der Waals surface area (Å²) in [6.07, 6.45) is 3.83. The molecule has 3 rings (SSSR count). The van der Waals surface area contributed by atoms with Crippen LogP contribution >= 0.6 is 11.8 Å². The molecule has 3 nitrogen and oxygen atoms in total. The quantitative estimate of drug-likeness (QED) is 0.153. The minimum absolute atomic E-state index is 0.251. The van der Waals surface area contributed by atoms with Gasteiger partial charge in [0.25, 0.3) is 0 Å². The van der Waals surface area contributed by atoms with Crippen molar-refractivity contribution in [3.05, 3.63) is 120 Å². The van der Waals surface area contributed by atoms with Crippen LogP contribution in [0.5, 0.6) is 0 Å². The van der Waals surface area contributed by atoms with Crippen LogP contribution < -0.4 is 0 Å². The zero-order chi connectivity index (χ0) is 24.4. The highest BCUT2D eigenvalue weighted by molar-refractivity contribution is 8.00. The second kappa shape index (κ2) is 12.0. The fraction of sp³-hybridized carbons (Fsp3) is 0.300. The third kappa shape index (κ3) is 6.85. The molecule has 0 heterocycles. The number of carbonyl (C=O) groups excluding carboxylic acids is 1. The highest BCUT2D eigenvalue weighted by atomic mass is 32.2. The summed E-state index contributed by atoms with van der Waals surface area (Å²) in [7, 11) is 0. The minimum Gasteiger partial charge on any atom is -0.458 e. The van der Waals surface area contributed by atoms with Crippen LogP contribution in [0.25, 0.3) is 0 Å². The van der Waals surface area contributed by atoms with Crippen LogP contribution in [0.15, 0.2) is 103 Å². The molecule has 1 unspecified atom stereocenters. The second-order valence-electron chi connectivity index (χ2n) is 9.17. The minimum atomic E-state index is -1.14. The number of benzene rings is 3. The van der Waals surface area contributed by atoms with Crippen molar-refractivity contribution in [3.8, 4) is 0 Å². The Labute approximate surface area is 207 Å². The summed E-state index contributed by atoms with van der Waals surface area (Å²) in [5, 5.41) is 10.1. The molecule has 1 N–H and O–H groups in total. The van der Waals surface area contributed by atoms with Crippen molar-refractivity contribution in [3.63, 3.8) is 0 Å². The van der Waals surface area contributed by atoms with Gasteiger partial charge in [-0.15, -0.1) is 11.8 Å². The van der Waals surface area contributed by atoms with Gasteiger partial charge in [-0.05, 0) is 49.6 Å². The van der Waals surface area contributed by atoms with E-state index in [9.17, 15) is 9.90 Å². The average Bonchev–Trinajstić information content (AvgIpc) is 2.84. The van der Waals surface area contributed by atoms with E-state index in [0.717, 1.165) is 12.2 Å². The van der Waals surface area contributed by atoms with E-state index in [1.165, 1.54) is 16.7 Å². The molecule has 0 fully saturated rings. The normalized spacial score (nSPS) is 13.1. The maximum Gasteiger partial charge on any atom is 0.335 e. The van der Waals surface area contributed by atoms with Crippen molar-refractivity contribution in [1.29, 1.82) is 0 Å². The van der Waals surface area contributed by atoms with E-state index in [4.69, 9.17) is 4.74 Å². The number of aliphatic hydroxyl groups excluding tert-OH is 1. The van der Waals surface area contributed by atoms with Crippen LogP contribution in [-0.4, -0.2) is 28.5 Å². The van der Waals surface area contributed by atoms with Gasteiger partial charge < -0.3 is 9.84 Å². The fourth-order valence-electron chi connectivity index (χ4n) is 3.86. The summed E-state index contributed by atoms with van der Waals surface area (Å²) in [6, 6.07) is 31.9. The molecule has 0 saturated carbocycles. The number of hydrogen-bond donors (Lipinski definition) is 1. The predicted molar refractivity (Wildman–Crippen MR) is 142 cm³/mol. The van der Waals surface area contributed by atoms with Crippen LogP contribution in [0.3, 0.4) is 0 Å². The lowest BCUT2D eigenvalue weighted by atomic mass is 9.84. The van der Waals surface area contributed by atoms with Gasteiger partial charge in [0.1, 0.15) is 5.60 Å². The molecule has 34 heavy (non-hydrogen) atoms. The molecule has 1 atom stereocenters. The van der Waals surface area contributed by atoms with Crippen molar-refractivity contribution >= 4 is 17.7 Å². The van der Waals surface area contributed by atoms with E-state index in [1.807, 2.05) is 42.1 Å². The van der Waals surface area contributed by atoms with Crippen LogP contribution in [-0.2, 0) is 14.3 Å². The van der Waals surface area contributed by atoms with Crippen LogP contribution in [0, 0.1) is 0 Å². The molecule has 0 saturated heterocycles. The first-order valence-corrected chi connectivity index (χ1v) is 12.7. The van der Waals surface area contributed by atoms with E-state index < -0.39 is 17.7 Å². The van der Waals surface area contributed by atoms with Gasteiger partial charge in [-0.3, -0.25) is 0 Å². The van der Waals surface area contributed by atoms with E-state index in [0.29, 0.717) is 0 Å². The maximum atomic E-state index is 12.0. The van der Waals surface area contributed by atoms with Gasteiger partial charge in [-0.2, -0.15) is 0 Å². The number of thioether (sulfide) groups is 1. The Hall–Kier alpha value is -2.82. The summed E-state index contributed by atoms with van der Waals surface area (Å²) >= 11 is 1.90.